The van der Waals surface area contributed by atoms with Gasteiger partial charge >= 0.3 is 0 Å². The first-order chi connectivity index (χ1) is 13.8. The van der Waals surface area contributed by atoms with Gasteiger partial charge in [-0.15, -0.1) is 22.7 Å². The second-order valence-corrected chi connectivity index (χ2v) is 8.28. The Morgan fingerprint density at radius 2 is 2.00 bits per heavy atom. The lowest BCUT2D eigenvalue weighted by molar-refractivity contribution is 0.0376. The molecule has 0 bridgehead atoms. The zero-order chi connectivity index (χ0) is 19.2. The van der Waals surface area contributed by atoms with Crippen LogP contribution in [-0.2, 0) is 4.74 Å². The Morgan fingerprint density at radius 3 is 2.75 bits per heavy atom. The molecule has 0 aromatic carbocycles. The molecule has 1 aliphatic heterocycles. The van der Waals surface area contributed by atoms with E-state index in [1.165, 1.54) is 22.7 Å². The molecule has 146 valence electrons. The Balaban J connectivity index is 1.49. The molecule has 1 fully saturated rings. The number of thiophene rings is 1. The van der Waals surface area contributed by atoms with E-state index in [1.807, 2.05) is 39.9 Å². The highest BCUT2D eigenvalue weighted by atomic mass is 32.1. The summed E-state index contributed by atoms with van der Waals surface area (Å²) in [6.07, 6.45) is 4.41. The summed E-state index contributed by atoms with van der Waals surface area (Å²) >= 11 is 2.98. The summed E-state index contributed by atoms with van der Waals surface area (Å²) in [5.41, 5.74) is 1.88. The highest BCUT2D eigenvalue weighted by Gasteiger charge is 2.22. The molecular formula is C20H22N4O2S2. The van der Waals surface area contributed by atoms with E-state index in [0.717, 1.165) is 60.5 Å². The average molecular weight is 415 g/mol. The van der Waals surface area contributed by atoms with Crippen LogP contribution in [0.5, 0.6) is 0 Å². The van der Waals surface area contributed by atoms with Gasteiger partial charge in [-0.3, -0.25) is 19.6 Å². The maximum atomic E-state index is 13.1. The van der Waals surface area contributed by atoms with E-state index in [1.54, 1.807) is 12.4 Å². The molecule has 0 saturated carbocycles. The summed E-state index contributed by atoms with van der Waals surface area (Å²) in [5.74, 6) is 0.0209. The molecule has 3 aromatic rings. The summed E-state index contributed by atoms with van der Waals surface area (Å²) in [5, 5.41) is 4.68. The normalized spacial score (nSPS) is 14.9. The number of anilines is 1. The van der Waals surface area contributed by atoms with Crippen LogP contribution in [0, 0.1) is 0 Å². The van der Waals surface area contributed by atoms with Crippen molar-refractivity contribution in [1.82, 2.24) is 14.9 Å². The lowest BCUT2D eigenvalue weighted by atomic mass is 10.2. The van der Waals surface area contributed by atoms with Crippen LogP contribution in [0.1, 0.15) is 16.1 Å². The van der Waals surface area contributed by atoms with Crippen LogP contribution in [0.2, 0.25) is 0 Å². The minimum atomic E-state index is 0.0209. The minimum Gasteiger partial charge on any atom is -0.379 e. The third-order valence-electron chi connectivity index (χ3n) is 4.64. The van der Waals surface area contributed by atoms with Gasteiger partial charge < -0.3 is 4.74 Å². The molecule has 3 aromatic heterocycles. The number of aromatic nitrogens is 2. The number of morpholine rings is 1. The number of amides is 1. The fourth-order valence-electron chi connectivity index (χ4n) is 3.14. The summed E-state index contributed by atoms with van der Waals surface area (Å²) in [7, 11) is 0. The van der Waals surface area contributed by atoms with E-state index in [-0.39, 0.29) is 5.91 Å². The van der Waals surface area contributed by atoms with E-state index >= 15 is 0 Å². The van der Waals surface area contributed by atoms with Gasteiger partial charge in [-0.05, 0) is 30.0 Å². The van der Waals surface area contributed by atoms with Crippen LogP contribution < -0.4 is 4.90 Å². The van der Waals surface area contributed by atoms with Crippen LogP contribution in [-0.4, -0.2) is 60.2 Å². The number of pyridine rings is 1. The maximum Gasteiger partial charge on any atom is 0.270 e. The van der Waals surface area contributed by atoms with Gasteiger partial charge in [0.15, 0.2) is 5.13 Å². The van der Waals surface area contributed by atoms with E-state index in [2.05, 4.69) is 9.88 Å². The monoisotopic (exact) mass is 414 g/mol. The van der Waals surface area contributed by atoms with Crippen LogP contribution in [0.15, 0.2) is 47.4 Å². The number of hydrogen-bond donors (Lipinski definition) is 0. The number of thiazole rings is 1. The van der Waals surface area contributed by atoms with Gasteiger partial charge in [0.25, 0.3) is 5.91 Å². The van der Waals surface area contributed by atoms with E-state index < -0.39 is 0 Å². The SMILES string of the molecule is O=C(c1cccs1)N(CCCN1CCOCC1)c1nc(-c2ccncc2)cs1. The zero-order valence-corrected chi connectivity index (χ0v) is 17.1. The molecular weight excluding hydrogens is 392 g/mol. The first-order valence-corrected chi connectivity index (χ1v) is 11.1. The Kier molecular flexibility index (Phi) is 6.43. The van der Waals surface area contributed by atoms with Gasteiger partial charge in [0.05, 0.1) is 23.8 Å². The van der Waals surface area contributed by atoms with Crippen LogP contribution in [0.4, 0.5) is 5.13 Å². The number of ether oxygens (including phenoxy) is 1. The highest BCUT2D eigenvalue weighted by Crippen LogP contribution is 2.29. The highest BCUT2D eigenvalue weighted by molar-refractivity contribution is 7.14. The van der Waals surface area contributed by atoms with Crippen molar-refractivity contribution in [3.63, 3.8) is 0 Å². The molecule has 1 amide bonds. The van der Waals surface area contributed by atoms with Crippen molar-refractivity contribution in [1.29, 1.82) is 0 Å². The average Bonchev–Trinajstić information content (AvgIpc) is 3.45. The fraction of sp³-hybridized carbons (Fsp3) is 0.350. The Bertz CT molecular complexity index is 877. The third-order valence-corrected chi connectivity index (χ3v) is 6.36. The van der Waals surface area contributed by atoms with E-state index in [9.17, 15) is 4.79 Å². The van der Waals surface area contributed by atoms with Crippen molar-refractivity contribution in [2.24, 2.45) is 0 Å². The quantitative estimate of drug-likeness (QED) is 0.591. The molecule has 0 spiro atoms. The molecule has 28 heavy (non-hydrogen) atoms. The second kappa shape index (κ2) is 9.38. The molecule has 0 aliphatic carbocycles. The fourth-order valence-corrected chi connectivity index (χ4v) is 4.67. The van der Waals surface area contributed by atoms with Crippen LogP contribution in [0.25, 0.3) is 11.3 Å². The maximum absolute atomic E-state index is 13.1. The summed E-state index contributed by atoms with van der Waals surface area (Å²) in [6, 6.07) is 7.65. The minimum absolute atomic E-state index is 0.0209. The number of carbonyl (C=O) groups excluding carboxylic acids is 1. The number of rotatable bonds is 7. The van der Waals surface area contributed by atoms with Crippen molar-refractivity contribution in [3.8, 4) is 11.3 Å². The molecule has 0 N–H and O–H groups in total. The Morgan fingerprint density at radius 1 is 1.18 bits per heavy atom. The van der Waals surface area contributed by atoms with Gasteiger partial charge in [0, 0.05) is 49.5 Å². The molecule has 4 rings (SSSR count). The topological polar surface area (TPSA) is 58.6 Å². The van der Waals surface area contributed by atoms with Crippen LogP contribution >= 0.6 is 22.7 Å². The van der Waals surface area contributed by atoms with Crippen LogP contribution in [0.3, 0.4) is 0 Å². The van der Waals surface area contributed by atoms with Crippen molar-refractivity contribution in [2.75, 3.05) is 44.3 Å². The Labute approximate surface area is 172 Å². The summed E-state index contributed by atoms with van der Waals surface area (Å²) in [6.45, 7) is 5.11. The number of hydrogen-bond acceptors (Lipinski definition) is 7. The smallest absolute Gasteiger partial charge is 0.270 e. The lowest BCUT2D eigenvalue weighted by Crippen LogP contribution is -2.39. The Hall–Kier alpha value is -2.13. The predicted molar refractivity (Wildman–Crippen MR) is 113 cm³/mol. The third kappa shape index (κ3) is 4.64. The van der Waals surface area contributed by atoms with Gasteiger partial charge in [0.1, 0.15) is 0 Å². The second-order valence-electron chi connectivity index (χ2n) is 6.49. The van der Waals surface area contributed by atoms with Gasteiger partial charge in [0.2, 0.25) is 0 Å². The number of nitrogens with zero attached hydrogens (tertiary/aromatic N) is 4. The van der Waals surface area contributed by atoms with Gasteiger partial charge in [-0.25, -0.2) is 4.98 Å². The zero-order valence-electron chi connectivity index (χ0n) is 15.5. The summed E-state index contributed by atoms with van der Waals surface area (Å²) < 4.78 is 5.41. The van der Waals surface area contributed by atoms with Crippen molar-refractivity contribution < 1.29 is 9.53 Å². The van der Waals surface area contributed by atoms with Gasteiger partial charge in [-0.2, -0.15) is 0 Å². The molecule has 1 aliphatic rings. The first kappa shape index (κ1) is 19.2. The predicted octanol–water partition coefficient (Wildman–Crippen LogP) is 3.64. The molecule has 1 saturated heterocycles. The largest absolute Gasteiger partial charge is 0.379 e. The molecule has 0 unspecified atom stereocenters. The van der Waals surface area contributed by atoms with E-state index in [0.29, 0.717) is 6.54 Å². The molecule has 0 atom stereocenters. The summed E-state index contributed by atoms with van der Waals surface area (Å²) in [4.78, 5) is 26.9. The standard InChI is InChI=1S/C20H22N4O2S2/c25-19(18-3-1-14-27-18)24(9-2-8-23-10-12-26-13-11-23)20-22-17(15-28-20)16-4-6-21-7-5-16/h1,3-7,14-15H,2,8-13H2. The molecule has 6 nitrogen and oxygen atoms in total. The lowest BCUT2D eigenvalue weighted by Gasteiger charge is -2.27. The van der Waals surface area contributed by atoms with Gasteiger partial charge in [-0.1, -0.05) is 6.07 Å². The van der Waals surface area contributed by atoms with Crippen molar-refractivity contribution in [3.05, 3.63) is 52.3 Å². The molecule has 8 heteroatoms. The van der Waals surface area contributed by atoms with E-state index in [4.69, 9.17) is 9.72 Å². The van der Waals surface area contributed by atoms with Crippen molar-refractivity contribution in [2.45, 2.75) is 6.42 Å². The molecule has 0 radical (unpaired) electrons. The number of carbonyl (C=O) groups is 1. The van der Waals surface area contributed by atoms with Crippen molar-refractivity contribution >= 4 is 33.7 Å². The molecule has 4 heterocycles. The first-order valence-electron chi connectivity index (χ1n) is 9.32.